The van der Waals surface area contributed by atoms with Crippen molar-refractivity contribution >= 4 is 39.2 Å². The molecule has 2 aromatic carbocycles. The lowest BCUT2D eigenvalue weighted by Crippen LogP contribution is -2.33. The number of aromatic nitrogens is 2. The van der Waals surface area contributed by atoms with Gasteiger partial charge in [-0.15, -0.1) is 0 Å². The largest absolute Gasteiger partial charge is 0.493 e. The lowest BCUT2D eigenvalue weighted by molar-refractivity contribution is -0.116. The van der Waals surface area contributed by atoms with Gasteiger partial charge >= 0.3 is 0 Å². The summed E-state index contributed by atoms with van der Waals surface area (Å²) in [5.41, 5.74) is 2.49. The zero-order valence-electron chi connectivity index (χ0n) is 19.3. The lowest BCUT2D eigenvalue weighted by atomic mass is 10.0. The molecule has 1 aromatic heterocycles. The summed E-state index contributed by atoms with van der Waals surface area (Å²) in [5, 5.41) is 3.14. The summed E-state index contributed by atoms with van der Waals surface area (Å²) in [6.45, 7) is 2.22. The Balaban J connectivity index is 1.66. The molecule has 0 atom stereocenters. The number of carbonyl (C=O) groups is 1. The number of nitrogens with zero attached hydrogens (tertiary/aromatic N) is 3. The molecule has 0 saturated carbocycles. The van der Waals surface area contributed by atoms with E-state index in [-0.39, 0.29) is 5.91 Å². The van der Waals surface area contributed by atoms with Gasteiger partial charge in [-0.05, 0) is 40.4 Å². The third kappa shape index (κ3) is 4.72. The molecular weight excluding hydrogens is 504 g/mol. The number of benzene rings is 2. The van der Waals surface area contributed by atoms with Crippen molar-refractivity contribution in [3.8, 4) is 28.9 Å². The van der Waals surface area contributed by atoms with Gasteiger partial charge in [-0.2, -0.15) is 4.98 Å². The van der Waals surface area contributed by atoms with Crippen LogP contribution >= 0.6 is 15.9 Å². The minimum absolute atomic E-state index is 0.0245. The average Bonchev–Trinajstić information content (AvgIpc) is 2.85. The number of nitrogens with one attached hydrogen (secondary N) is 1. The quantitative estimate of drug-likeness (QED) is 0.452. The lowest BCUT2D eigenvalue weighted by Gasteiger charge is -2.30. The Labute approximate surface area is 206 Å². The number of aryl methyl sites for hydroxylation is 1. The van der Waals surface area contributed by atoms with Crippen LogP contribution in [0.15, 0.2) is 41.0 Å². The van der Waals surface area contributed by atoms with Crippen LogP contribution in [0.3, 0.4) is 0 Å². The first kappa shape index (κ1) is 23.6. The van der Waals surface area contributed by atoms with Crippen molar-refractivity contribution in [1.82, 2.24) is 9.97 Å². The van der Waals surface area contributed by atoms with Crippen LogP contribution < -0.4 is 29.2 Å². The van der Waals surface area contributed by atoms with Gasteiger partial charge in [0.1, 0.15) is 0 Å². The van der Waals surface area contributed by atoms with E-state index in [1.165, 1.54) is 0 Å². The fourth-order valence-corrected chi connectivity index (χ4v) is 4.15. The Morgan fingerprint density at radius 3 is 2.47 bits per heavy atom. The van der Waals surface area contributed by atoms with E-state index in [0.29, 0.717) is 51.5 Å². The van der Waals surface area contributed by atoms with E-state index in [9.17, 15) is 4.79 Å². The van der Waals surface area contributed by atoms with Gasteiger partial charge in [0.25, 0.3) is 0 Å². The van der Waals surface area contributed by atoms with Crippen LogP contribution in [0.1, 0.15) is 18.9 Å². The number of methoxy groups -OCH3 is 3. The molecule has 1 aliphatic heterocycles. The van der Waals surface area contributed by atoms with Gasteiger partial charge in [-0.25, -0.2) is 4.98 Å². The van der Waals surface area contributed by atoms with Gasteiger partial charge < -0.3 is 29.2 Å². The fraction of sp³-hybridized carbons (Fsp3) is 0.292. The average molecular weight is 529 g/mol. The number of para-hydroxylation sites is 1. The number of fused-ring (bicyclic) bond motifs is 1. The van der Waals surface area contributed by atoms with Crippen LogP contribution in [0, 0.1) is 0 Å². The Kier molecular flexibility index (Phi) is 7.06. The van der Waals surface area contributed by atoms with Crippen molar-refractivity contribution in [2.24, 2.45) is 0 Å². The Hall–Kier alpha value is -3.53. The number of hydrogen-bond acceptors (Lipinski definition) is 8. The smallest absolute Gasteiger partial charge is 0.238 e. The standard InChI is InChI=1S/C24H25BrN4O5/c1-14(30)29-10-6-8-15-7-5-9-18(21(15)29)34-23-17(25)13-26-24(28-23)27-16-11-19(31-2)22(33-4)20(12-16)32-3/h5,7,9,11-13H,6,8,10H2,1-4H3,(H,26,27,28). The second-order valence-corrected chi connectivity index (χ2v) is 8.38. The number of amides is 1. The van der Waals surface area contributed by atoms with E-state index >= 15 is 0 Å². The molecule has 34 heavy (non-hydrogen) atoms. The molecule has 3 aromatic rings. The molecule has 10 heteroatoms. The highest BCUT2D eigenvalue weighted by Crippen LogP contribution is 2.42. The van der Waals surface area contributed by atoms with Gasteiger partial charge in [-0.1, -0.05) is 12.1 Å². The number of halogens is 1. The predicted octanol–water partition coefficient (Wildman–Crippen LogP) is 5.10. The molecule has 0 fully saturated rings. The third-order valence-corrected chi connectivity index (χ3v) is 5.94. The van der Waals surface area contributed by atoms with Gasteiger partial charge in [-0.3, -0.25) is 4.79 Å². The fourth-order valence-electron chi connectivity index (χ4n) is 3.88. The normalized spacial score (nSPS) is 12.6. The van der Waals surface area contributed by atoms with E-state index in [0.717, 1.165) is 24.1 Å². The van der Waals surface area contributed by atoms with E-state index < -0.39 is 0 Å². The molecular formula is C24H25BrN4O5. The van der Waals surface area contributed by atoms with Crippen molar-refractivity contribution in [3.63, 3.8) is 0 Å². The van der Waals surface area contributed by atoms with Crippen LogP contribution in [0.2, 0.25) is 0 Å². The highest BCUT2D eigenvalue weighted by atomic mass is 79.9. The predicted molar refractivity (Wildman–Crippen MR) is 132 cm³/mol. The molecule has 0 radical (unpaired) electrons. The molecule has 1 aliphatic rings. The molecule has 1 amide bonds. The maximum absolute atomic E-state index is 12.2. The summed E-state index contributed by atoms with van der Waals surface area (Å²) in [7, 11) is 4.65. The van der Waals surface area contributed by atoms with Crippen molar-refractivity contribution in [2.45, 2.75) is 19.8 Å². The molecule has 0 unspecified atom stereocenters. The van der Waals surface area contributed by atoms with Gasteiger partial charge in [0.2, 0.25) is 23.5 Å². The summed E-state index contributed by atoms with van der Waals surface area (Å²) in [6.07, 6.45) is 3.39. The minimum Gasteiger partial charge on any atom is -0.493 e. The number of rotatable bonds is 7. The van der Waals surface area contributed by atoms with Crippen molar-refractivity contribution in [2.75, 3.05) is 38.1 Å². The SMILES string of the molecule is COc1cc(Nc2ncc(Br)c(Oc3cccc4c3N(C(C)=O)CCC4)n2)cc(OC)c1OC. The summed E-state index contributed by atoms with van der Waals surface area (Å²) in [6, 6.07) is 9.28. The minimum atomic E-state index is -0.0245. The molecule has 0 bridgehead atoms. The van der Waals surface area contributed by atoms with Crippen LogP contribution in [-0.4, -0.2) is 43.7 Å². The highest BCUT2D eigenvalue weighted by Gasteiger charge is 2.25. The Bertz CT molecular complexity index is 1190. The van der Waals surface area contributed by atoms with Gasteiger partial charge in [0, 0.05) is 31.3 Å². The topological polar surface area (TPSA) is 95.0 Å². The molecule has 0 aliphatic carbocycles. The molecule has 9 nitrogen and oxygen atoms in total. The Morgan fingerprint density at radius 1 is 1.09 bits per heavy atom. The van der Waals surface area contributed by atoms with E-state index in [4.69, 9.17) is 18.9 Å². The molecule has 4 rings (SSSR count). The maximum atomic E-state index is 12.2. The van der Waals surface area contributed by atoms with Crippen molar-refractivity contribution < 1.29 is 23.7 Å². The highest BCUT2D eigenvalue weighted by molar-refractivity contribution is 9.10. The van der Waals surface area contributed by atoms with E-state index in [1.807, 2.05) is 18.2 Å². The zero-order chi connectivity index (χ0) is 24.2. The molecule has 2 heterocycles. The number of anilines is 3. The third-order valence-electron chi connectivity index (χ3n) is 5.40. The summed E-state index contributed by atoms with van der Waals surface area (Å²) >= 11 is 3.46. The number of ether oxygens (including phenoxy) is 4. The summed E-state index contributed by atoms with van der Waals surface area (Å²) < 4.78 is 23.0. The first-order chi connectivity index (χ1) is 16.4. The number of carbonyl (C=O) groups excluding carboxylic acids is 1. The second-order valence-electron chi connectivity index (χ2n) is 7.53. The van der Waals surface area contributed by atoms with Crippen molar-refractivity contribution in [1.29, 1.82) is 0 Å². The first-order valence-corrected chi connectivity index (χ1v) is 11.4. The first-order valence-electron chi connectivity index (χ1n) is 10.6. The van der Waals surface area contributed by atoms with Crippen LogP contribution in [-0.2, 0) is 11.2 Å². The van der Waals surface area contributed by atoms with E-state index in [2.05, 4.69) is 31.2 Å². The van der Waals surface area contributed by atoms with E-state index in [1.54, 1.807) is 51.5 Å². The second kappa shape index (κ2) is 10.2. The summed E-state index contributed by atoms with van der Waals surface area (Å²) in [5.74, 6) is 2.64. The molecule has 1 N–H and O–H groups in total. The van der Waals surface area contributed by atoms with Crippen LogP contribution in [0.25, 0.3) is 0 Å². The maximum Gasteiger partial charge on any atom is 0.238 e. The van der Waals surface area contributed by atoms with Gasteiger partial charge in [0.15, 0.2) is 17.2 Å². The molecule has 0 saturated heterocycles. The monoisotopic (exact) mass is 528 g/mol. The Morgan fingerprint density at radius 2 is 1.82 bits per heavy atom. The van der Waals surface area contributed by atoms with Crippen molar-refractivity contribution in [3.05, 3.63) is 46.6 Å². The van der Waals surface area contributed by atoms with Gasteiger partial charge in [0.05, 0.1) is 37.7 Å². The van der Waals surface area contributed by atoms with Crippen LogP contribution in [0.4, 0.5) is 17.3 Å². The summed E-state index contributed by atoms with van der Waals surface area (Å²) in [4.78, 5) is 22.8. The molecule has 0 spiro atoms. The number of hydrogen-bond donors (Lipinski definition) is 1. The van der Waals surface area contributed by atoms with Crippen LogP contribution in [0.5, 0.6) is 28.9 Å². The zero-order valence-corrected chi connectivity index (χ0v) is 20.9. The molecule has 178 valence electrons.